The van der Waals surface area contributed by atoms with E-state index in [4.69, 9.17) is 16.3 Å². The maximum absolute atomic E-state index is 12.9. The van der Waals surface area contributed by atoms with E-state index in [0.717, 1.165) is 11.0 Å². The molecule has 168 valence electrons. The largest absolute Gasteiger partial charge is 0.492 e. The Bertz CT molecular complexity index is 968. The second-order valence-electron chi connectivity index (χ2n) is 6.78. The number of sulfonamides is 1. The molecule has 9 heteroatoms. The van der Waals surface area contributed by atoms with Gasteiger partial charge in [-0.3, -0.25) is 4.79 Å². The summed E-state index contributed by atoms with van der Waals surface area (Å²) < 4.78 is 33.2. The molecule has 6 nitrogen and oxygen atoms in total. The minimum Gasteiger partial charge on any atom is -0.492 e. The molecule has 0 saturated heterocycles. The van der Waals surface area contributed by atoms with Gasteiger partial charge in [0.1, 0.15) is 18.4 Å². The summed E-state index contributed by atoms with van der Waals surface area (Å²) in [5.41, 5.74) is 0.759. The minimum absolute atomic E-state index is 0.262. The van der Waals surface area contributed by atoms with E-state index in [0.29, 0.717) is 29.5 Å². The number of likely N-dealkylation sites (N-methyl/N-ethyl adjacent to an activating group) is 1. The van der Waals surface area contributed by atoms with Crippen molar-refractivity contribution in [1.82, 2.24) is 9.62 Å². The average molecular weight is 483 g/mol. The zero-order valence-electron chi connectivity index (χ0n) is 17.5. The van der Waals surface area contributed by atoms with Crippen molar-refractivity contribution in [2.45, 2.75) is 12.5 Å². The lowest BCUT2D eigenvalue weighted by Crippen LogP contribution is -2.48. The fourth-order valence-corrected chi connectivity index (χ4v) is 4.35. The number of nitrogens with zero attached hydrogens (tertiary/aromatic N) is 1. The number of thioether (sulfide) groups is 1. The highest BCUT2D eigenvalue weighted by Gasteiger charge is 2.25. The molecule has 2 rings (SSSR count). The van der Waals surface area contributed by atoms with E-state index in [-0.39, 0.29) is 12.5 Å². The number of rotatable bonds is 12. The van der Waals surface area contributed by atoms with Gasteiger partial charge in [-0.05, 0) is 48.3 Å². The summed E-state index contributed by atoms with van der Waals surface area (Å²) in [4.78, 5) is 14.4. The van der Waals surface area contributed by atoms with E-state index >= 15 is 0 Å². The number of hydrogen-bond donors (Lipinski definition) is 1. The topological polar surface area (TPSA) is 75.7 Å². The molecule has 0 aliphatic rings. The second-order valence-corrected chi connectivity index (χ2v) is 9.80. The van der Waals surface area contributed by atoms with Crippen molar-refractivity contribution in [3.63, 3.8) is 0 Å². The van der Waals surface area contributed by atoms with Gasteiger partial charge < -0.3 is 9.64 Å². The van der Waals surface area contributed by atoms with Crippen molar-refractivity contribution in [3.05, 3.63) is 70.6 Å². The fraction of sp³-hybridized carbons (Fsp3) is 0.318. The summed E-state index contributed by atoms with van der Waals surface area (Å²) in [6, 6.07) is 15.3. The van der Waals surface area contributed by atoms with Crippen LogP contribution in [-0.2, 0) is 14.8 Å². The normalized spacial score (nSPS) is 12.6. The van der Waals surface area contributed by atoms with Crippen LogP contribution in [-0.4, -0.2) is 57.5 Å². The maximum atomic E-state index is 12.9. The number of ether oxygens (including phenoxy) is 1. The molecule has 0 aliphatic heterocycles. The van der Waals surface area contributed by atoms with Gasteiger partial charge in [0.2, 0.25) is 15.9 Å². The first-order chi connectivity index (χ1) is 14.8. The van der Waals surface area contributed by atoms with Crippen LogP contribution in [0.2, 0.25) is 5.02 Å². The van der Waals surface area contributed by atoms with Crippen LogP contribution in [0.5, 0.6) is 5.75 Å². The van der Waals surface area contributed by atoms with Crippen molar-refractivity contribution >= 4 is 45.4 Å². The number of hydrogen-bond acceptors (Lipinski definition) is 5. The molecule has 0 heterocycles. The molecule has 0 aromatic heterocycles. The Balaban J connectivity index is 1.97. The quantitative estimate of drug-likeness (QED) is 0.496. The van der Waals surface area contributed by atoms with Gasteiger partial charge in [-0.25, -0.2) is 8.42 Å². The molecule has 31 heavy (non-hydrogen) atoms. The number of benzene rings is 2. The second kappa shape index (κ2) is 12.8. The molecule has 0 radical (unpaired) electrons. The Morgan fingerprint density at radius 2 is 1.97 bits per heavy atom. The van der Waals surface area contributed by atoms with E-state index in [1.54, 1.807) is 55.2 Å². The van der Waals surface area contributed by atoms with Crippen molar-refractivity contribution in [2.75, 3.05) is 32.2 Å². The highest BCUT2D eigenvalue weighted by molar-refractivity contribution is 7.98. The smallest absolute Gasteiger partial charge is 0.240 e. The molecule has 1 N–H and O–H groups in total. The first kappa shape index (κ1) is 25.3. The summed E-state index contributed by atoms with van der Waals surface area (Å²) in [6.07, 6.45) is 3.80. The minimum atomic E-state index is -3.79. The van der Waals surface area contributed by atoms with Crippen LogP contribution in [0.1, 0.15) is 12.0 Å². The van der Waals surface area contributed by atoms with Crippen LogP contribution in [0.25, 0.3) is 6.08 Å². The van der Waals surface area contributed by atoms with Crippen LogP contribution >= 0.6 is 23.4 Å². The maximum Gasteiger partial charge on any atom is 0.240 e. The number of carbonyl (C=O) groups excluding carboxylic acids is 1. The molecular weight excluding hydrogens is 456 g/mol. The zero-order chi connectivity index (χ0) is 22.7. The van der Waals surface area contributed by atoms with Crippen LogP contribution in [0.15, 0.2) is 60.0 Å². The Morgan fingerprint density at radius 3 is 2.65 bits per heavy atom. The van der Waals surface area contributed by atoms with E-state index < -0.39 is 16.1 Å². The number of carbonyl (C=O) groups is 1. The molecule has 0 saturated carbocycles. The zero-order valence-corrected chi connectivity index (χ0v) is 19.9. The van der Waals surface area contributed by atoms with Gasteiger partial charge in [0.25, 0.3) is 0 Å². The molecule has 2 aromatic rings. The van der Waals surface area contributed by atoms with Crippen LogP contribution in [0, 0.1) is 0 Å². The van der Waals surface area contributed by atoms with Crippen molar-refractivity contribution < 1.29 is 17.9 Å². The van der Waals surface area contributed by atoms with Crippen molar-refractivity contribution in [3.8, 4) is 5.75 Å². The summed E-state index contributed by atoms with van der Waals surface area (Å²) >= 11 is 7.49. The Labute approximate surface area is 193 Å². The van der Waals surface area contributed by atoms with Gasteiger partial charge >= 0.3 is 0 Å². The van der Waals surface area contributed by atoms with Gasteiger partial charge in [0, 0.05) is 17.5 Å². The number of halogens is 1. The highest BCUT2D eigenvalue weighted by atomic mass is 35.5. The van der Waals surface area contributed by atoms with Crippen LogP contribution in [0.4, 0.5) is 0 Å². The molecule has 1 atom stereocenters. The van der Waals surface area contributed by atoms with Crippen molar-refractivity contribution in [1.29, 1.82) is 0 Å². The molecule has 2 aromatic carbocycles. The standard InChI is InChI=1S/C22H27ClN2O4S2/c1-25(13-14-29-20-10-6-9-19(23)17-20)22(26)21(11-15-30-2)24-31(27,28)16-12-18-7-4-3-5-8-18/h3-10,12,16-17,21,24H,11,13-15H2,1-2H3/b16-12+. The highest BCUT2D eigenvalue weighted by Crippen LogP contribution is 2.17. The Hall–Kier alpha value is -2.00. The van der Waals surface area contributed by atoms with Crippen LogP contribution in [0.3, 0.4) is 0 Å². The molecule has 0 fully saturated rings. The Morgan fingerprint density at radius 1 is 1.23 bits per heavy atom. The van der Waals surface area contributed by atoms with Crippen molar-refractivity contribution in [2.24, 2.45) is 0 Å². The number of amides is 1. The predicted octanol–water partition coefficient (Wildman–Crippen LogP) is 3.89. The summed E-state index contributed by atoms with van der Waals surface area (Å²) in [5, 5.41) is 1.65. The monoisotopic (exact) mass is 482 g/mol. The average Bonchev–Trinajstić information content (AvgIpc) is 2.75. The number of nitrogens with one attached hydrogen (secondary N) is 1. The SMILES string of the molecule is CSCCC(NS(=O)(=O)/C=C/c1ccccc1)C(=O)N(C)CCOc1cccc(Cl)c1. The molecule has 0 bridgehead atoms. The van der Waals surface area contributed by atoms with Gasteiger partial charge in [-0.2, -0.15) is 16.5 Å². The summed E-state index contributed by atoms with van der Waals surface area (Å²) in [6.45, 7) is 0.571. The van der Waals surface area contributed by atoms with Gasteiger partial charge in [-0.15, -0.1) is 0 Å². The summed E-state index contributed by atoms with van der Waals surface area (Å²) in [7, 11) is -2.16. The lowest BCUT2D eigenvalue weighted by Gasteiger charge is -2.24. The fourth-order valence-electron chi connectivity index (χ4n) is 2.67. The van der Waals surface area contributed by atoms with Gasteiger partial charge in [0.05, 0.1) is 6.54 Å². The van der Waals surface area contributed by atoms with E-state index in [9.17, 15) is 13.2 Å². The van der Waals surface area contributed by atoms with E-state index in [2.05, 4.69) is 4.72 Å². The summed E-state index contributed by atoms with van der Waals surface area (Å²) in [5.74, 6) is 0.952. The molecule has 1 amide bonds. The molecule has 0 spiro atoms. The third-order valence-corrected chi connectivity index (χ3v) is 6.31. The van der Waals surface area contributed by atoms with Crippen LogP contribution < -0.4 is 9.46 Å². The lowest BCUT2D eigenvalue weighted by molar-refractivity contribution is -0.132. The predicted molar refractivity (Wildman–Crippen MR) is 129 cm³/mol. The Kier molecular flexibility index (Phi) is 10.4. The third kappa shape index (κ3) is 9.35. The lowest BCUT2D eigenvalue weighted by atomic mass is 10.2. The first-order valence-corrected chi connectivity index (χ1v) is 13.0. The molecule has 1 unspecified atom stereocenters. The molecular formula is C22H27ClN2O4S2. The molecule has 0 aliphatic carbocycles. The van der Waals surface area contributed by atoms with Gasteiger partial charge in [0.15, 0.2) is 0 Å². The third-order valence-electron chi connectivity index (χ3n) is 4.32. The van der Waals surface area contributed by atoms with E-state index in [1.165, 1.54) is 11.0 Å². The van der Waals surface area contributed by atoms with E-state index in [1.807, 2.05) is 24.5 Å². The van der Waals surface area contributed by atoms with Gasteiger partial charge in [-0.1, -0.05) is 48.0 Å². The first-order valence-electron chi connectivity index (χ1n) is 9.68.